The molecule has 0 aliphatic heterocycles. The molecule has 2 amide bonds. The van der Waals surface area contributed by atoms with Crippen molar-refractivity contribution >= 4 is 35.0 Å². The topological polar surface area (TPSA) is 58.6 Å². The van der Waals surface area contributed by atoms with Crippen molar-refractivity contribution in [3.05, 3.63) is 63.6 Å². The molecule has 1 saturated carbocycles. The number of nitrogens with zero attached hydrogens (tertiary/aromatic N) is 1. The van der Waals surface area contributed by atoms with Gasteiger partial charge in [-0.25, -0.2) is 0 Å². The lowest BCUT2D eigenvalue weighted by atomic mass is 9.95. The number of nitrogens with one attached hydrogen (secondary N) is 1. The van der Waals surface area contributed by atoms with Crippen LogP contribution in [0.4, 0.5) is 0 Å². The molecule has 0 bridgehead atoms. The third-order valence-electron chi connectivity index (χ3n) is 6.13. The molecule has 178 valence electrons. The SMILES string of the molecule is CC[C@@H](C(=O)NC1CCCCC1)N(Cc1ccccc1Cl)C(=O)COc1ccc(Cl)c(C)c1. The molecular weight excluding hydrogens is 459 g/mol. The lowest BCUT2D eigenvalue weighted by molar-refractivity contribution is -0.143. The van der Waals surface area contributed by atoms with Crippen molar-refractivity contribution in [3.8, 4) is 5.75 Å². The van der Waals surface area contributed by atoms with Gasteiger partial charge in [-0.05, 0) is 61.6 Å². The maximum Gasteiger partial charge on any atom is 0.261 e. The van der Waals surface area contributed by atoms with Crippen molar-refractivity contribution in [3.63, 3.8) is 0 Å². The predicted molar refractivity (Wildman–Crippen MR) is 133 cm³/mol. The van der Waals surface area contributed by atoms with E-state index in [1.807, 2.05) is 32.0 Å². The van der Waals surface area contributed by atoms with Crippen molar-refractivity contribution in [2.24, 2.45) is 0 Å². The van der Waals surface area contributed by atoms with Crippen LogP contribution in [0.5, 0.6) is 5.75 Å². The number of hydrogen-bond acceptors (Lipinski definition) is 3. The van der Waals surface area contributed by atoms with E-state index in [1.165, 1.54) is 6.42 Å². The van der Waals surface area contributed by atoms with E-state index in [0.29, 0.717) is 22.2 Å². The molecule has 2 aromatic carbocycles. The van der Waals surface area contributed by atoms with E-state index in [2.05, 4.69) is 5.32 Å². The Kier molecular flexibility index (Phi) is 9.45. The Hall–Kier alpha value is -2.24. The van der Waals surface area contributed by atoms with Gasteiger partial charge in [-0.2, -0.15) is 0 Å². The van der Waals surface area contributed by atoms with Crippen LogP contribution in [0, 0.1) is 6.92 Å². The minimum absolute atomic E-state index is 0.118. The molecule has 3 rings (SSSR count). The zero-order valence-electron chi connectivity index (χ0n) is 19.3. The Morgan fingerprint density at radius 3 is 2.48 bits per heavy atom. The minimum atomic E-state index is -0.605. The standard InChI is InChI=1S/C26H32Cl2N2O3/c1-3-24(26(32)29-20-10-5-4-6-11-20)30(16-19-9-7-8-12-23(19)28)25(31)17-33-21-13-14-22(27)18(2)15-21/h7-9,12-15,20,24H,3-6,10-11,16-17H2,1-2H3,(H,29,32)/t24-/m0/s1. The zero-order valence-corrected chi connectivity index (χ0v) is 20.8. The minimum Gasteiger partial charge on any atom is -0.484 e. The van der Waals surface area contributed by atoms with Crippen molar-refractivity contribution in [2.75, 3.05) is 6.61 Å². The van der Waals surface area contributed by atoms with Crippen LogP contribution in [0.25, 0.3) is 0 Å². The molecule has 0 spiro atoms. The molecule has 1 N–H and O–H groups in total. The third-order valence-corrected chi connectivity index (χ3v) is 6.92. The van der Waals surface area contributed by atoms with Gasteiger partial charge in [0.25, 0.3) is 5.91 Å². The fourth-order valence-electron chi connectivity index (χ4n) is 4.21. The number of rotatable bonds is 9. The number of aryl methyl sites for hydroxylation is 1. The quantitative estimate of drug-likeness (QED) is 0.473. The van der Waals surface area contributed by atoms with Crippen LogP contribution in [0.2, 0.25) is 10.0 Å². The van der Waals surface area contributed by atoms with E-state index in [-0.39, 0.29) is 31.0 Å². The lowest BCUT2D eigenvalue weighted by Gasteiger charge is -2.33. The van der Waals surface area contributed by atoms with Crippen LogP contribution in [-0.2, 0) is 16.1 Å². The number of benzene rings is 2. The van der Waals surface area contributed by atoms with E-state index >= 15 is 0 Å². The molecule has 7 heteroatoms. The number of amides is 2. The summed E-state index contributed by atoms with van der Waals surface area (Å²) in [5.74, 6) is 0.169. The molecule has 1 fully saturated rings. The molecule has 1 atom stereocenters. The molecule has 0 aromatic heterocycles. The average Bonchev–Trinajstić information content (AvgIpc) is 2.81. The smallest absolute Gasteiger partial charge is 0.261 e. The van der Waals surface area contributed by atoms with Gasteiger partial charge in [0, 0.05) is 22.6 Å². The molecule has 2 aromatic rings. The molecule has 1 aliphatic carbocycles. The van der Waals surface area contributed by atoms with Crippen molar-refractivity contribution in [1.29, 1.82) is 0 Å². The van der Waals surface area contributed by atoms with E-state index < -0.39 is 6.04 Å². The lowest BCUT2D eigenvalue weighted by Crippen LogP contribution is -2.52. The first-order valence-corrected chi connectivity index (χ1v) is 12.4. The highest BCUT2D eigenvalue weighted by Gasteiger charge is 2.31. The van der Waals surface area contributed by atoms with Gasteiger partial charge in [0.15, 0.2) is 6.61 Å². The van der Waals surface area contributed by atoms with Crippen LogP contribution >= 0.6 is 23.2 Å². The number of hydrogen-bond donors (Lipinski definition) is 1. The Morgan fingerprint density at radius 2 is 1.82 bits per heavy atom. The first-order chi connectivity index (χ1) is 15.9. The zero-order chi connectivity index (χ0) is 23.8. The van der Waals surface area contributed by atoms with Gasteiger partial charge < -0.3 is 15.0 Å². The van der Waals surface area contributed by atoms with Gasteiger partial charge in [0.05, 0.1) is 0 Å². The van der Waals surface area contributed by atoms with Crippen LogP contribution < -0.4 is 10.1 Å². The Morgan fingerprint density at radius 1 is 1.09 bits per heavy atom. The Labute approximate surface area is 206 Å². The fraction of sp³-hybridized carbons (Fsp3) is 0.462. The number of carbonyl (C=O) groups excluding carboxylic acids is 2. The molecule has 1 aliphatic rings. The molecule has 0 radical (unpaired) electrons. The van der Waals surface area contributed by atoms with E-state index in [9.17, 15) is 9.59 Å². The maximum atomic E-state index is 13.3. The summed E-state index contributed by atoms with van der Waals surface area (Å²) in [5.41, 5.74) is 1.66. The average molecular weight is 491 g/mol. The van der Waals surface area contributed by atoms with Crippen LogP contribution in [0.3, 0.4) is 0 Å². The van der Waals surface area contributed by atoms with Gasteiger partial charge in [-0.15, -0.1) is 0 Å². The van der Waals surface area contributed by atoms with Gasteiger partial charge in [0.2, 0.25) is 5.91 Å². The van der Waals surface area contributed by atoms with Crippen molar-refractivity contribution in [2.45, 2.75) is 71.0 Å². The largest absolute Gasteiger partial charge is 0.484 e. The number of carbonyl (C=O) groups is 2. The summed E-state index contributed by atoms with van der Waals surface area (Å²) in [6.45, 7) is 3.85. The van der Waals surface area contributed by atoms with Gasteiger partial charge in [-0.3, -0.25) is 9.59 Å². The first-order valence-electron chi connectivity index (χ1n) is 11.6. The molecule has 33 heavy (non-hydrogen) atoms. The summed E-state index contributed by atoms with van der Waals surface area (Å²) >= 11 is 12.5. The molecule has 5 nitrogen and oxygen atoms in total. The molecule has 0 saturated heterocycles. The Bertz CT molecular complexity index is 960. The fourth-order valence-corrected chi connectivity index (χ4v) is 4.52. The summed E-state index contributed by atoms with van der Waals surface area (Å²) in [6.07, 6.45) is 5.92. The van der Waals surface area contributed by atoms with Crippen LogP contribution in [0.15, 0.2) is 42.5 Å². The number of halogens is 2. The summed E-state index contributed by atoms with van der Waals surface area (Å²) in [4.78, 5) is 28.1. The summed E-state index contributed by atoms with van der Waals surface area (Å²) < 4.78 is 5.76. The first kappa shape index (κ1) is 25.4. The van der Waals surface area contributed by atoms with Crippen molar-refractivity contribution < 1.29 is 14.3 Å². The maximum absolute atomic E-state index is 13.3. The van der Waals surface area contributed by atoms with Crippen LogP contribution in [0.1, 0.15) is 56.6 Å². The molecule has 0 unspecified atom stereocenters. The monoisotopic (exact) mass is 490 g/mol. The third kappa shape index (κ3) is 7.12. The number of ether oxygens (including phenoxy) is 1. The van der Waals surface area contributed by atoms with Crippen LogP contribution in [-0.4, -0.2) is 35.4 Å². The summed E-state index contributed by atoms with van der Waals surface area (Å²) in [5, 5.41) is 4.37. The van der Waals surface area contributed by atoms with Gasteiger partial charge in [-0.1, -0.05) is 67.6 Å². The van der Waals surface area contributed by atoms with Gasteiger partial charge >= 0.3 is 0 Å². The molecule has 0 heterocycles. The van der Waals surface area contributed by atoms with E-state index in [1.54, 1.807) is 29.2 Å². The second-order valence-electron chi connectivity index (χ2n) is 8.58. The predicted octanol–water partition coefficient (Wildman–Crippen LogP) is 5.94. The highest BCUT2D eigenvalue weighted by molar-refractivity contribution is 6.31. The van der Waals surface area contributed by atoms with Crippen molar-refractivity contribution in [1.82, 2.24) is 10.2 Å². The normalized spacial score (nSPS) is 15.0. The van der Waals surface area contributed by atoms with E-state index in [4.69, 9.17) is 27.9 Å². The summed E-state index contributed by atoms with van der Waals surface area (Å²) in [6, 6.07) is 12.2. The second-order valence-corrected chi connectivity index (χ2v) is 9.39. The van der Waals surface area contributed by atoms with Gasteiger partial charge in [0.1, 0.15) is 11.8 Å². The molecular formula is C26H32Cl2N2O3. The summed E-state index contributed by atoms with van der Waals surface area (Å²) in [7, 11) is 0. The highest BCUT2D eigenvalue weighted by Crippen LogP contribution is 2.23. The van der Waals surface area contributed by atoms with E-state index in [0.717, 1.165) is 36.8 Å². The highest BCUT2D eigenvalue weighted by atomic mass is 35.5. The second kappa shape index (κ2) is 12.3. The Balaban J connectivity index is 1.77.